The predicted molar refractivity (Wildman–Crippen MR) is 90.1 cm³/mol. The van der Waals surface area contributed by atoms with E-state index in [9.17, 15) is 4.79 Å². The second kappa shape index (κ2) is 6.47. The number of hydrogen-bond acceptors (Lipinski definition) is 4. The summed E-state index contributed by atoms with van der Waals surface area (Å²) in [5.74, 6) is -0.954. The zero-order chi connectivity index (χ0) is 16.6. The molecule has 24 heavy (non-hydrogen) atoms. The highest BCUT2D eigenvalue weighted by Gasteiger charge is 2.56. The van der Waals surface area contributed by atoms with E-state index >= 15 is 0 Å². The smallest absolute Gasteiger partial charge is 0.284 e. The van der Waals surface area contributed by atoms with Crippen LogP contribution in [0.25, 0.3) is 0 Å². The molecule has 0 aromatic heterocycles. The first-order valence-corrected chi connectivity index (χ1v) is 9.08. The lowest BCUT2D eigenvalue weighted by Crippen LogP contribution is -2.58. The molecule has 3 saturated heterocycles. The van der Waals surface area contributed by atoms with Crippen molar-refractivity contribution in [2.24, 2.45) is 0 Å². The molecule has 2 atom stereocenters. The molecule has 4 rings (SSSR count). The number of amides is 1. The molecule has 0 aliphatic carbocycles. The number of hydrogen-bond donors (Lipinski definition) is 0. The lowest BCUT2D eigenvalue weighted by atomic mass is 9.95. The van der Waals surface area contributed by atoms with Crippen molar-refractivity contribution >= 4 is 5.91 Å². The summed E-state index contributed by atoms with van der Waals surface area (Å²) >= 11 is 0. The van der Waals surface area contributed by atoms with E-state index in [4.69, 9.17) is 9.47 Å². The monoisotopic (exact) mass is 330 g/mol. The summed E-state index contributed by atoms with van der Waals surface area (Å²) in [6.45, 7) is 4.17. The van der Waals surface area contributed by atoms with E-state index in [-0.39, 0.29) is 18.9 Å². The predicted octanol–water partition coefficient (Wildman–Crippen LogP) is 2.36. The van der Waals surface area contributed by atoms with Crippen molar-refractivity contribution < 1.29 is 14.3 Å². The van der Waals surface area contributed by atoms with Crippen LogP contribution < -0.4 is 0 Å². The second-order valence-electron chi connectivity index (χ2n) is 7.12. The van der Waals surface area contributed by atoms with Crippen LogP contribution in [0.5, 0.6) is 0 Å². The van der Waals surface area contributed by atoms with E-state index in [1.165, 1.54) is 24.8 Å². The van der Waals surface area contributed by atoms with E-state index in [0.717, 1.165) is 13.0 Å². The minimum Gasteiger partial charge on any atom is -0.322 e. The average Bonchev–Trinajstić information content (AvgIpc) is 2.93. The van der Waals surface area contributed by atoms with Crippen LogP contribution in [0.3, 0.4) is 0 Å². The van der Waals surface area contributed by atoms with Gasteiger partial charge in [-0.2, -0.15) is 0 Å². The van der Waals surface area contributed by atoms with Crippen LogP contribution in [-0.2, 0) is 20.7 Å². The van der Waals surface area contributed by atoms with Crippen LogP contribution in [-0.4, -0.2) is 53.6 Å². The SMILES string of the molecule is CC(N1CCC2(OCO2)C1=O)N1CCCCC1Cc1ccccc1. The summed E-state index contributed by atoms with van der Waals surface area (Å²) in [5.41, 5.74) is 1.37. The van der Waals surface area contributed by atoms with Crippen molar-refractivity contribution in [2.45, 2.75) is 57.0 Å². The molecule has 1 spiro atoms. The van der Waals surface area contributed by atoms with Crippen LogP contribution in [0.1, 0.15) is 38.2 Å². The summed E-state index contributed by atoms with van der Waals surface area (Å²) in [6, 6.07) is 11.2. The van der Waals surface area contributed by atoms with Crippen molar-refractivity contribution in [1.82, 2.24) is 9.80 Å². The van der Waals surface area contributed by atoms with Gasteiger partial charge in [0.05, 0.1) is 6.17 Å². The van der Waals surface area contributed by atoms with Gasteiger partial charge >= 0.3 is 0 Å². The first-order valence-electron chi connectivity index (χ1n) is 9.08. The number of piperidine rings is 1. The third kappa shape index (κ3) is 2.75. The van der Waals surface area contributed by atoms with Gasteiger partial charge in [-0.25, -0.2) is 0 Å². The minimum absolute atomic E-state index is 0.00489. The Morgan fingerprint density at radius 1 is 1.21 bits per heavy atom. The Morgan fingerprint density at radius 3 is 2.67 bits per heavy atom. The Morgan fingerprint density at radius 2 is 2.00 bits per heavy atom. The Kier molecular flexibility index (Phi) is 4.33. The Hall–Kier alpha value is -1.43. The fraction of sp³-hybridized carbons (Fsp3) is 0.632. The number of nitrogens with zero attached hydrogens (tertiary/aromatic N) is 2. The highest BCUT2D eigenvalue weighted by molar-refractivity contribution is 5.86. The van der Waals surface area contributed by atoms with E-state index in [1.54, 1.807) is 0 Å². The molecular formula is C19H26N2O3. The maximum Gasteiger partial charge on any atom is 0.284 e. The maximum absolute atomic E-state index is 12.7. The highest BCUT2D eigenvalue weighted by Crippen LogP contribution is 2.37. The molecule has 3 aliphatic heterocycles. The molecular weight excluding hydrogens is 304 g/mol. The van der Waals surface area contributed by atoms with E-state index in [0.29, 0.717) is 19.0 Å². The van der Waals surface area contributed by atoms with E-state index in [2.05, 4.69) is 42.2 Å². The Bertz CT molecular complexity index is 588. The van der Waals surface area contributed by atoms with Crippen molar-refractivity contribution in [3.05, 3.63) is 35.9 Å². The summed E-state index contributed by atoms with van der Waals surface area (Å²) in [6.07, 6.45) is 5.46. The van der Waals surface area contributed by atoms with Crippen LogP contribution in [0.4, 0.5) is 0 Å². The molecule has 1 amide bonds. The maximum atomic E-state index is 12.7. The molecule has 0 radical (unpaired) electrons. The van der Waals surface area contributed by atoms with Crippen LogP contribution in [0, 0.1) is 0 Å². The summed E-state index contributed by atoms with van der Waals surface area (Å²) < 4.78 is 10.9. The lowest BCUT2D eigenvalue weighted by molar-refractivity contribution is -0.370. The van der Waals surface area contributed by atoms with E-state index in [1.807, 2.05) is 4.90 Å². The number of carbonyl (C=O) groups excluding carboxylic acids is 1. The fourth-order valence-electron chi connectivity index (χ4n) is 4.32. The van der Waals surface area contributed by atoms with E-state index < -0.39 is 5.79 Å². The summed E-state index contributed by atoms with van der Waals surface area (Å²) in [5, 5.41) is 0. The molecule has 5 heteroatoms. The minimum atomic E-state index is -0.959. The van der Waals surface area contributed by atoms with Crippen molar-refractivity contribution in [1.29, 1.82) is 0 Å². The lowest BCUT2D eigenvalue weighted by Gasteiger charge is -2.44. The fourth-order valence-corrected chi connectivity index (χ4v) is 4.32. The largest absolute Gasteiger partial charge is 0.322 e. The third-order valence-electron chi connectivity index (χ3n) is 5.77. The molecule has 3 fully saturated rings. The quantitative estimate of drug-likeness (QED) is 0.850. The molecule has 130 valence electrons. The van der Waals surface area contributed by atoms with Crippen LogP contribution >= 0.6 is 0 Å². The van der Waals surface area contributed by atoms with Gasteiger partial charge in [0.15, 0.2) is 6.79 Å². The molecule has 3 heterocycles. The molecule has 0 N–H and O–H groups in total. The van der Waals surface area contributed by atoms with Gasteiger partial charge in [0.2, 0.25) is 0 Å². The first-order chi connectivity index (χ1) is 11.7. The summed E-state index contributed by atoms with van der Waals surface area (Å²) in [7, 11) is 0. The van der Waals surface area contributed by atoms with Gasteiger partial charge in [0.25, 0.3) is 11.7 Å². The van der Waals surface area contributed by atoms with Gasteiger partial charge in [-0.05, 0) is 31.7 Å². The zero-order valence-electron chi connectivity index (χ0n) is 14.3. The highest BCUT2D eigenvalue weighted by atomic mass is 16.9. The van der Waals surface area contributed by atoms with Gasteiger partial charge in [-0.3, -0.25) is 9.69 Å². The van der Waals surface area contributed by atoms with Gasteiger partial charge in [-0.15, -0.1) is 0 Å². The average molecular weight is 330 g/mol. The molecule has 3 aliphatic rings. The van der Waals surface area contributed by atoms with Crippen LogP contribution in [0.2, 0.25) is 0 Å². The number of ether oxygens (including phenoxy) is 2. The molecule has 5 nitrogen and oxygen atoms in total. The van der Waals surface area contributed by atoms with Gasteiger partial charge in [0, 0.05) is 25.6 Å². The van der Waals surface area contributed by atoms with Crippen LogP contribution in [0.15, 0.2) is 30.3 Å². The molecule has 0 bridgehead atoms. The molecule has 2 unspecified atom stereocenters. The van der Waals surface area contributed by atoms with Crippen molar-refractivity contribution in [3.8, 4) is 0 Å². The number of rotatable bonds is 4. The normalized spacial score (nSPS) is 28.1. The number of likely N-dealkylation sites (tertiary alicyclic amines) is 2. The Balaban J connectivity index is 1.47. The topological polar surface area (TPSA) is 42.0 Å². The number of benzene rings is 1. The van der Waals surface area contributed by atoms with Gasteiger partial charge < -0.3 is 14.4 Å². The molecule has 1 aromatic carbocycles. The first kappa shape index (κ1) is 16.1. The van der Waals surface area contributed by atoms with Gasteiger partial charge in [-0.1, -0.05) is 36.8 Å². The van der Waals surface area contributed by atoms with Gasteiger partial charge in [0.1, 0.15) is 0 Å². The molecule has 1 aromatic rings. The second-order valence-corrected chi connectivity index (χ2v) is 7.12. The summed E-state index contributed by atoms with van der Waals surface area (Å²) in [4.78, 5) is 17.2. The third-order valence-corrected chi connectivity index (χ3v) is 5.77. The molecule has 0 saturated carbocycles. The zero-order valence-corrected chi connectivity index (χ0v) is 14.3. The number of carbonyl (C=O) groups is 1. The van der Waals surface area contributed by atoms with Crippen molar-refractivity contribution in [3.63, 3.8) is 0 Å². The standard InChI is InChI=1S/C19H26N2O3/c1-15(21-12-10-19(18(21)22)23-14-24-19)20-11-6-5-9-17(20)13-16-7-3-2-4-8-16/h2-4,7-8,15,17H,5-6,9-14H2,1H3. The Labute approximate surface area is 143 Å². The van der Waals surface area contributed by atoms with Crippen molar-refractivity contribution in [2.75, 3.05) is 19.9 Å².